The lowest BCUT2D eigenvalue weighted by Gasteiger charge is -2.31. The Morgan fingerprint density at radius 1 is 1.35 bits per heavy atom. The molecule has 6 heteroatoms. The van der Waals surface area contributed by atoms with E-state index in [0.29, 0.717) is 24.5 Å². The van der Waals surface area contributed by atoms with E-state index in [1.54, 1.807) is 18.4 Å². The van der Waals surface area contributed by atoms with Crippen LogP contribution in [0.4, 0.5) is 0 Å². The molecule has 1 N–H and O–H groups in total. The number of ether oxygens (including phenoxy) is 2. The van der Waals surface area contributed by atoms with Crippen molar-refractivity contribution in [2.45, 2.75) is 38.8 Å². The maximum absolute atomic E-state index is 11.8. The fourth-order valence-corrected chi connectivity index (χ4v) is 4.64. The van der Waals surface area contributed by atoms with Crippen molar-refractivity contribution in [1.82, 2.24) is 4.90 Å². The Balaban J connectivity index is 2.05. The van der Waals surface area contributed by atoms with Crippen molar-refractivity contribution in [3.63, 3.8) is 0 Å². The third-order valence-corrected chi connectivity index (χ3v) is 5.80. The predicted octanol–water partition coefficient (Wildman–Crippen LogP) is 4.10. The Kier molecular flexibility index (Phi) is 5.84. The maximum atomic E-state index is 11.8. The highest BCUT2D eigenvalue weighted by atomic mass is 32.1. The number of likely N-dealkylation sites (tertiary alicyclic amines) is 1. The van der Waals surface area contributed by atoms with Gasteiger partial charge in [0.1, 0.15) is 6.04 Å². The molecule has 1 aliphatic heterocycles. The fraction of sp³-hybridized carbons (Fsp3) is 0.450. The SMILES string of the molecule is CCOc1ccc(C(c2ccc(C)s2)N2CCCC2C(=O)O)cc1OC. The highest BCUT2D eigenvalue weighted by Gasteiger charge is 2.37. The lowest BCUT2D eigenvalue weighted by atomic mass is 10.0. The van der Waals surface area contributed by atoms with E-state index in [9.17, 15) is 9.90 Å². The van der Waals surface area contributed by atoms with Gasteiger partial charge >= 0.3 is 5.97 Å². The molecule has 1 aromatic carbocycles. The monoisotopic (exact) mass is 375 g/mol. The van der Waals surface area contributed by atoms with Gasteiger partial charge in [-0.05, 0) is 56.5 Å². The van der Waals surface area contributed by atoms with Crippen LogP contribution in [0.2, 0.25) is 0 Å². The van der Waals surface area contributed by atoms with Crippen molar-refractivity contribution in [1.29, 1.82) is 0 Å². The van der Waals surface area contributed by atoms with E-state index >= 15 is 0 Å². The Labute approximate surface area is 158 Å². The van der Waals surface area contributed by atoms with E-state index < -0.39 is 12.0 Å². The number of nitrogens with zero attached hydrogens (tertiary/aromatic N) is 1. The molecule has 1 saturated heterocycles. The van der Waals surface area contributed by atoms with Gasteiger partial charge in [0.25, 0.3) is 0 Å². The zero-order chi connectivity index (χ0) is 18.7. The summed E-state index contributed by atoms with van der Waals surface area (Å²) >= 11 is 1.71. The van der Waals surface area contributed by atoms with Gasteiger partial charge in [-0.15, -0.1) is 11.3 Å². The average molecular weight is 375 g/mol. The number of hydrogen-bond donors (Lipinski definition) is 1. The number of hydrogen-bond acceptors (Lipinski definition) is 5. The molecular formula is C20H25NO4S. The second-order valence-corrected chi connectivity index (χ2v) is 7.75. The van der Waals surface area contributed by atoms with Gasteiger partial charge in [-0.2, -0.15) is 0 Å². The summed E-state index contributed by atoms with van der Waals surface area (Å²) in [6.07, 6.45) is 1.58. The molecule has 1 aromatic heterocycles. The summed E-state index contributed by atoms with van der Waals surface area (Å²) in [5.74, 6) is 0.628. The predicted molar refractivity (Wildman–Crippen MR) is 102 cm³/mol. The normalized spacial score (nSPS) is 18.7. The molecule has 0 saturated carbocycles. The molecule has 5 nitrogen and oxygen atoms in total. The second-order valence-electron chi connectivity index (χ2n) is 6.43. The summed E-state index contributed by atoms with van der Waals surface area (Å²) in [4.78, 5) is 16.2. The molecule has 1 fully saturated rings. The molecule has 2 aromatic rings. The van der Waals surface area contributed by atoms with Crippen molar-refractivity contribution in [2.75, 3.05) is 20.3 Å². The molecule has 0 spiro atoms. The minimum absolute atomic E-state index is 0.0955. The summed E-state index contributed by atoms with van der Waals surface area (Å²) in [7, 11) is 1.63. The van der Waals surface area contributed by atoms with E-state index in [1.165, 1.54) is 4.88 Å². The highest BCUT2D eigenvalue weighted by molar-refractivity contribution is 7.12. The van der Waals surface area contributed by atoms with Crippen LogP contribution in [0.25, 0.3) is 0 Å². The second kappa shape index (κ2) is 8.10. The summed E-state index contributed by atoms with van der Waals surface area (Å²) < 4.78 is 11.1. The fourth-order valence-electron chi connectivity index (χ4n) is 3.61. The third kappa shape index (κ3) is 3.71. The first kappa shape index (κ1) is 18.7. The zero-order valence-corrected chi connectivity index (χ0v) is 16.2. The molecule has 2 atom stereocenters. The van der Waals surface area contributed by atoms with Crippen LogP contribution in [0.5, 0.6) is 11.5 Å². The van der Waals surface area contributed by atoms with E-state index in [0.717, 1.165) is 23.4 Å². The van der Waals surface area contributed by atoms with E-state index in [4.69, 9.17) is 9.47 Å². The molecule has 0 aliphatic carbocycles. The number of methoxy groups -OCH3 is 1. The average Bonchev–Trinajstić information content (AvgIpc) is 3.26. The van der Waals surface area contributed by atoms with Crippen molar-refractivity contribution < 1.29 is 19.4 Å². The Bertz CT molecular complexity index is 773. The molecule has 140 valence electrons. The van der Waals surface area contributed by atoms with Gasteiger partial charge in [-0.1, -0.05) is 6.07 Å². The molecule has 2 unspecified atom stereocenters. The maximum Gasteiger partial charge on any atom is 0.320 e. The number of carboxylic acid groups (broad SMARTS) is 1. The number of aliphatic carboxylic acids is 1. The van der Waals surface area contributed by atoms with Gasteiger partial charge in [-0.3, -0.25) is 9.69 Å². The van der Waals surface area contributed by atoms with Crippen molar-refractivity contribution in [2.24, 2.45) is 0 Å². The molecule has 26 heavy (non-hydrogen) atoms. The van der Waals surface area contributed by atoms with Crippen LogP contribution >= 0.6 is 11.3 Å². The van der Waals surface area contributed by atoms with Gasteiger partial charge in [0.05, 0.1) is 19.8 Å². The number of aryl methyl sites for hydroxylation is 1. The number of carboxylic acids is 1. The molecule has 1 aliphatic rings. The lowest BCUT2D eigenvalue weighted by molar-refractivity contribution is -0.142. The zero-order valence-electron chi connectivity index (χ0n) is 15.4. The van der Waals surface area contributed by atoms with Gasteiger partial charge < -0.3 is 14.6 Å². The summed E-state index contributed by atoms with van der Waals surface area (Å²) in [5.41, 5.74) is 1.03. The molecule has 0 amide bonds. The Morgan fingerprint density at radius 3 is 2.77 bits per heavy atom. The lowest BCUT2D eigenvalue weighted by Crippen LogP contribution is -2.39. The summed E-state index contributed by atoms with van der Waals surface area (Å²) in [5, 5.41) is 9.66. The van der Waals surface area contributed by atoms with Crippen LogP contribution in [0.1, 0.15) is 41.1 Å². The number of carbonyl (C=O) groups is 1. The number of rotatable bonds is 7. The first-order valence-electron chi connectivity index (χ1n) is 8.90. The van der Waals surface area contributed by atoms with Crippen LogP contribution in [-0.2, 0) is 4.79 Å². The van der Waals surface area contributed by atoms with Gasteiger partial charge in [0, 0.05) is 16.3 Å². The molecule has 0 bridgehead atoms. The molecule has 2 heterocycles. The largest absolute Gasteiger partial charge is 0.493 e. The minimum atomic E-state index is -0.751. The standard InChI is InChI=1S/C20H25NO4S/c1-4-25-16-9-8-14(12-17(16)24-3)19(18-10-7-13(2)26-18)21-11-5-6-15(21)20(22)23/h7-10,12,15,19H,4-6,11H2,1-3H3,(H,22,23). The third-order valence-electron chi connectivity index (χ3n) is 4.74. The van der Waals surface area contributed by atoms with Crippen LogP contribution in [0, 0.1) is 6.92 Å². The van der Waals surface area contributed by atoms with Crippen LogP contribution in [0.15, 0.2) is 30.3 Å². The quantitative estimate of drug-likeness (QED) is 0.789. The van der Waals surface area contributed by atoms with Gasteiger partial charge in [0.2, 0.25) is 0 Å². The van der Waals surface area contributed by atoms with Crippen molar-refractivity contribution in [3.8, 4) is 11.5 Å². The van der Waals surface area contributed by atoms with Crippen LogP contribution < -0.4 is 9.47 Å². The first-order valence-corrected chi connectivity index (χ1v) is 9.72. The van der Waals surface area contributed by atoms with E-state index in [2.05, 4.69) is 24.0 Å². The molecular weight excluding hydrogens is 350 g/mol. The van der Waals surface area contributed by atoms with Crippen LogP contribution in [-0.4, -0.2) is 42.3 Å². The smallest absolute Gasteiger partial charge is 0.320 e. The summed E-state index contributed by atoms with van der Waals surface area (Å²) in [6, 6.07) is 9.54. The van der Waals surface area contributed by atoms with Crippen molar-refractivity contribution >= 4 is 17.3 Å². The molecule has 3 rings (SSSR count). The Morgan fingerprint density at radius 2 is 2.15 bits per heavy atom. The number of benzene rings is 1. The van der Waals surface area contributed by atoms with Crippen LogP contribution in [0.3, 0.4) is 0 Å². The Hall–Kier alpha value is -2.05. The van der Waals surface area contributed by atoms with Gasteiger partial charge in [0.15, 0.2) is 11.5 Å². The summed E-state index contributed by atoms with van der Waals surface area (Å²) in [6.45, 7) is 5.35. The minimum Gasteiger partial charge on any atom is -0.493 e. The van der Waals surface area contributed by atoms with Gasteiger partial charge in [-0.25, -0.2) is 0 Å². The molecule has 0 radical (unpaired) electrons. The first-order chi connectivity index (χ1) is 12.5. The van der Waals surface area contributed by atoms with Crippen molar-refractivity contribution in [3.05, 3.63) is 45.6 Å². The topological polar surface area (TPSA) is 59.0 Å². The van der Waals surface area contributed by atoms with E-state index in [-0.39, 0.29) is 6.04 Å². The number of thiophene rings is 1. The van der Waals surface area contributed by atoms with E-state index in [1.807, 2.05) is 25.1 Å². The highest BCUT2D eigenvalue weighted by Crippen LogP contribution is 2.40.